The molecule has 0 aromatic carbocycles. The van der Waals surface area contributed by atoms with Gasteiger partial charge in [0.25, 0.3) is 0 Å². The van der Waals surface area contributed by atoms with Gasteiger partial charge in [-0.2, -0.15) is 0 Å². The maximum atomic E-state index is 10.9. The summed E-state index contributed by atoms with van der Waals surface area (Å²) < 4.78 is 28.2. The molecule has 0 heterocycles. The molecule has 0 aliphatic rings. The molecule has 1 unspecified atom stereocenters. The molecule has 0 aliphatic heterocycles. The monoisotopic (exact) mass is 301 g/mol. The van der Waals surface area contributed by atoms with Crippen molar-refractivity contribution in [3.05, 3.63) is 0 Å². The van der Waals surface area contributed by atoms with Gasteiger partial charge in [-0.25, -0.2) is 0 Å². The van der Waals surface area contributed by atoms with Crippen molar-refractivity contribution in [1.29, 1.82) is 0 Å². The van der Waals surface area contributed by atoms with E-state index in [0.717, 1.165) is 0 Å². The number of aliphatic hydroxyl groups excluding tert-OH is 1. The zero-order valence-corrected chi connectivity index (χ0v) is 10.0. The topological polar surface area (TPSA) is 219 Å². The van der Waals surface area contributed by atoms with E-state index >= 15 is 0 Å². The van der Waals surface area contributed by atoms with Gasteiger partial charge in [-0.3, -0.25) is 13.7 Å². The molecule has 14 heteroatoms. The minimum absolute atomic E-state index is 3.12. The smallest absolute Gasteiger partial charge is 0.360 e. The Kier molecular flexibility index (Phi) is 4.33. The predicted molar refractivity (Wildman–Crippen MR) is 49.1 cm³/mol. The van der Waals surface area contributed by atoms with Crippen LogP contribution in [0.15, 0.2) is 0 Å². The summed E-state index contributed by atoms with van der Waals surface area (Å²) in [7, 11) is -18.3. The van der Waals surface area contributed by atoms with Crippen LogP contribution in [0, 0.1) is 0 Å². The zero-order chi connectivity index (χ0) is 13.6. The van der Waals surface area contributed by atoms with Crippen LogP contribution < -0.4 is 5.73 Å². The lowest BCUT2D eigenvalue weighted by atomic mass is 10.7. The summed E-state index contributed by atoms with van der Waals surface area (Å²) in [5, 5.41) is 8.77. The first-order valence-electron chi connectivity index (χ1n) is 3.30. The van der Waals surface area contributed by atoms with Gasteiger partial charge >= 0.3 is 27.4 Å². The molecule has 9 N–H and O–H groups in total. The van der Waals surface area contributed by atoms with E-state index in [2.05, 4.69) is 5.73 Å². The summed E-state index contributed by atoms with van der Waals surface area (Å²) in [5.74, 6) is 0. The van der Waals surface area contributed by atoms with Crippen molar-refractivity contribution in [2.24, 2.45) is 5.73 Å². The Labute approximate surface area is 88.4 Å². The van der Waals surface area contributed by atoms with Crippen LogP contribution in [-0.4, -0.2) is 45.3 Å². The van der Waals surface area contributed by atoms with Crippen LogP contribution in [-0.2, 0) is 13.7 Å². The first-order valence-corrected chi connectivity index (χ1v) is 8.14. The number of aliphatic hydroxyl groups is 1. The van der Waals surface area contributed by atoms with Crippen LogP contribution in [0.4, 0.5) is 0 Å². The van der Waals surface area contributed by atoms with Gasteiger partial charge in [0.05, 0.1) is 0 Å². The fourth-order valence-corrected chi connectivity index (χ4v) is 6.13. The van der Waals surface area contributed by atoms with Gasteiger partial charge in [-0.15, -0.1) is 0 Å². The highest BCUT2D eigenvalue weighted by molar-refractivity contribution is 7.88. The molecule has 1 atom stereocenters. The molecule has 16 heavy (non-hydrogen) atoms. The minimum Gasteiger partial charge on any atom is -0.376 e. The van der Waals surface area contributed by atoms with Gasteiger partial charge in [0.1, 0.15) is 6.23 Å². The summed E-state index contributed by atoms with van der Waals surface area (Å²) in [6.45, 7) is 0. The molecule has 0 aromatic heterocycles. The fourth-order valence-electron chi connectivity index (χ4n) is 1.03. The molecule has 98 valence electrons. The van der Waals surface area contributed by atoms with Gasteiger partial charge in [0.15, 0.2) is 0 Å². The zero-order valence-electron chi connectivity index (χ0n) is 7.35. The van der Waals surface area contributed by atoms with E-state index in [1.807, 2.05) is 0 Å². The second-order valence-electron chi connectivity index (χ2n) is 2.76. The van der Waals surface area contributed by atoms with E-state index in [1.165, 1.54) is 0 Å². The largest absolute Gasteiger partial charge is 0.376 e. The Balaban J connectivity index is 6.42. The lowest BCUT2D eigenvalue weighted by molar-refractivity contribution is 0.148. The maximum Gasteiger partial charge on any atom is 0.360 e. The van der Waals surface area contributed by atoms with Crippen molar-refractivity contribution >= 4 is 22.8 Å². The Morgan fingerprint density at radius 2 is 1.00 bits per heavy atom. The highest BCUT2D eigenvalue weighted by Crippen LogP contribution is 2.83. The molecule has 0 saturated heterocycles. The summed E-state index contributed by atoms with van der Waals surface area (Å²) >= 11 is 0. The van der Waals surface area contributed by atoms with E-state index in [-0.39, 0.29) is 0 Å². The van der Waals surface area contributed by atoms with Crippen LogP contribution in [0.5, 0.6) is 0 Å². The number of rotatable bonds is 4. The highest BCUT2D eigenvalue weighted by atomic mass is 31.3. The molecular weight excluding hydrogens is 291 g/mol. The standard InChI is InChI=1S/C2H10NO10P3/c3-1(4)2(14(5,6)7,15(8,9)10)16(11,12)13/h1,4H,3H2,(H2,5,6,7)(H2,8,9,10)(H2,11,12,13). The third-order valence-corrected chi connectivity index (χ3v) is 9.74. The van der Waals surface area contributed by atoms with Crippen molar-refractivity contribution in [2.75, 3.05) is 0 Å². The van der Waals surface area contributed by atoms with Gasteiger partial charge in [-0.1, -0.05) is 0 Å². The van der Waals surface area contributed by atoms with Crippen LogP contribution in [0.2, 0.25) is 0 Å². The molecule has 0 radical (unpaired) electrons. The first kappa shape index (κ1) is 16.4. The molecule has 0 spiro atoms. The first-order chi connectivity index (χ1) is 6.69. The molecular formula is C2H10NO10P3. The van der Waals surface area contributed by atoms with Crippen molar-refractivity contribution in [3.63, 3.8) is 0 Å². The van der Waals surface area contributed by atoms with E-state index < -0.39 is 33.7 Å². The molecule has 11 nitrogen and oxygen atoms in total. The quantitative estimate of drug-likeness (QED) is 0.199. The minimum atomic E-state index is -6.11. The SMILES string of the molecule is NC(O)C(P(=O)(O)O)(P(=O)(O)O)P(=O)(O)O. The summed E-state index contributed by atoms with van der Waals surface area (Å²) in [5.41, 5.74) is 4.51. The molecule has 0 aliphatic carbocycles. The summed E-state index contributed by atoms with van der Waals surface area (Å²) in [4.78, 5) is 51.9. The van der Waals surface area contributed by atoms with E-state index in [1.54, 1.807) is 0 Å². The van der Waals surface area contributed by atoms with Crippen LogP contribution in [0.1, 0.15) is 0 Å². The van der Waals surface area contributed by atoms with Gasteiger partial charge < -0.3 is 40.2 Å². The molecule has 0 amide bonds. The Bertz CT molecular complexity index is 341. The molecule has 0 aromatic rings. The average molecular weight is 301 g/mol. The maximum absolute atomic E-state index is 10.9. The third-order valence-electron chi connectivity index (χ3n) is 1.68. The van der Waals surface area contributed by atoms with Crippen molar-refractivity contribution < 1.29 is 48.2 Å². The van der Waals surface area contributed by atoms with Crippen LogP contribution in [0.3, 0.4) is 0 Å². The van der Waals surface area contributed by atoms with Crippen LogP contribution >= 0.6 is 22.8 Å². The molecule has 0 rings (SSSR count). The lowest BCUT2D eigenvalue weighted by Crippen LogP contribution is -2.47. The Hall–Kier alpha value is 0.370. The van der Waals surface area contributed by atoms with E-state index in [0.29, 0.717) is 0 Å². The fraction of sp³-hybridized carbons (Fsp3) is 1.00. The van der Waals surface area contributed by atoms with E-state index in [9.17, 15) is 13.7 Å². The number of hydrogen-bond donors (Lipinski definition) is 8. The Morgan fingerprint density at radius 1 is 0.812 bits per heavy atom. The molecule has 0 bridgehead atoms. The average Bonchev–Trinajstić information content (AvgIpc) is 1.71. The van der Waals surface area contributed by atoms with Gasteiger partial charge in [0.2, 0.25) is 0 Å². The summed E-state index contributed by atoms with van der Waals surface area (Å²) in [6.07, 6.45) is -3.12. The lowest BCUT2D eigenvalue weighted by Gasteiger charge is -2.36. The van der Waals surface area contributed by atoms with Gasteiger partial charge in [0, 0.05) is 0 Å². The molecule has 0 saturated carbocycles. The molecule has 0 fully saturated rings. The summed E-state index contributed by atoms with van der Waals surface area (Å²) in [6, 6.07) is 0. The second kappa shape index (κ2) is 4.24. The third kappa shape index (κ3) is 2.31. The van der Waals surface area contributed by atoms with E-state index in [4.69, 9.17) is 34.5 Å². The second-order valence-corrected chi connectivity index (χ2v) is 9.20. The van der Waals surface area contributed by atoms with Gasteiger partial charge in [-0.05, 0) is 0 Å². The highest BCUT2D eigenvalue weighted by Gasteiger charge is 2.75. The van der Waals surface area contributed by atoms with Crippen LogP contribution in [0.25, 0.3) is 0 Å². The predicted octanol–water partition coefficient (Wildman–Crippen LogP) is -2.55. The van der Waals surface area contributed by atoms with Crippen molar-refractivity contribution in [2.45, 2.75) is 10.9 Å². The van der Waals surface area contributed by atoms with Crippen molar-refractivity contribution in [1.82, 2.24) is 0 Å². The number of hydrogen-bond acceptors (Lipinski definition) is 5. The van der Waals surface area contributed by atoms with Crippen molar-refractivity contribution in [3.8, 4) is 0 Å². The number of nitrogens with two attached hydrogens (primary N) is 1. The Morgan fingerprint density at radius 3 is 1.00 bits per heavy atom. The normalized spacial score (nSPS) is 17.2.